The molecule has 0 fully saturated rings. The zero-order chi connectivity index (χ0) is 11.4. The summed E-state index contributed by atoms with van der Waals surface area (Å²) in [6, 6.07) is 4.56. The topological polar surface area (TPSA) is 69.6 Å². The number of hydrogen-bond donors (Lipinski definition) is 3. The summed E-state index contributed by atoms with van der Waals surface area (Å²) in [4.78, 5) is 10.9. The van der Waals surface area contributed by atoms with E-state index in [-0.39, 0.29) is 23.2 Å². The van der Waals surface area contributed by atoms with E-state index >= 15 is 0 Å². The van der Waals surface area contributed by atoms with Gasteiger partial charge in [0.05, 0.1) is 17.3 Å². The van der Waals surface area contributed by atoms with Crippen LogP contribution < -0.4 is 5.32 Å². The summed E-state index contributed by atoms with van der Waals surface area (Å²) in [6.45, 7) is 1.66. The van der Waals surface area contributed by atoms with E-state index in [1.165, 1.54) is 6.07 Å². The molecule has 5 heteroatoms. The monoisotopic (exact) mass is 229 g/mol. The van der Waals surface area contributed by atoms with Gasteiger partial charge < -0.3 is 15.5 Å². The van der Waals surface area contributed by atoms with Crippen molar-refractivity contribution in [3.05, 3.63) is 28.8 Å². The summed E-state index contributed by atoms with van der Waals surface area (Å²) < 4.78 is 0. The first-order valence-electron chi connectivity index (χ1n) is 4.45. The Kier molecular flexibility index (Phi) is 3.94. The van der Waals surface area contributed by atoms with Gasteiger partial charge in [0.15, 0.2) is 0 Å². The zero-order valence-electron chi connectivity index (χ0n) is 8.20. The highest BCUT2D eigenvalue weighted by atomic mass is 35.5. The van der Waals surface area contributed by atoms with Crippen molar-refractivity contribution in [1.82, 2.24) is 0 Å². The van der Waals surface area contributed by atoms with Gasteiger partial charge in [-0.1, -0.05) is 17.7 Å². The van der Waals surface area contributed by atoms with E-state index in [0.29, 0.717) is 5.69 Å². The molecule has 82 valence electrons. The van der Waals surface area contributed by atoms with Crippen LogP contribution in [0.2, 0.25) is 5.02 Å². The first-order chi connectivity index (χ1) is 7.06. The van der Waals surface area contributed by atoms with Crippen molar-refractivity contribution in [3.63, 3.8) is 0 Å². The maximum absolute atomic E-state index is 10.9. The number of nitrogens with one attached hydrogen (secondary N) is 1. The number of anilines is 1. The fourth-order valence-corrected chi connectivity index (χ4v) is 1.43. The molecule has 0 aliphatic heterocycles. The van der Waals surface area contributed by atoms with Crippen molar-refractivity contribution >= 4 is 23.3 Å². The number of carbonyl (C=O) groups is 1. The standard InChI is InChI=1S/C10H12ClNO3/c1-6(5-13)12-8-4-2-3-7(11)9(8)10(14)15/h2-4,6,12-13H,5H2,1H3,(H,14,15). The van der Waals surface area contributed by atoms with E-state index in [4.69, 9.17) is 21.8 Å². The van der Waals surface area contributed by atoms with Gasteiger partial charge in [0.25, 0.3) is 0 Å². The molecule has 15 heavy (non-hydrogen) atoms. The van der Waals surface area contributed by atoms with Crippen LogP contribution in [0.4, 0.5) is 5.69 Å². The van der Waals surface area contributed by atoms with Crippen molar-refractivity contribution in [1.29, 1.82) is 0 Å². The Labute approximate surface area is 92.5 Å². The number of benzene rings is 1. The van der Waals surface area contributed by atoms with Gasteiger partial charge in [0.2, 0.25) is 0 Å². The molecule has 1 aromatic carbocycles. The summed E-state index contributed by atoms with van der Waals surface area (Å²) >= 11 is 5.77. The molecule has 0 aliphatic rings. The molecule has 1 unspecified atom stereocenters. The Morgan fingerprint density at radius 3 is 2.80 bits per heavy atom. The van der Waals surface area contributed by atoms with Crippen molar-refractivity contribution in [3.8, 4) is 0 Å². The summed E-state index contributed by atoms with van der Waals surface area (Å²) in [5, 5.41) is 20.8. The van der Waals surface area contributed by atoms with Crippen LogP contribution in [0.5, 0.6) is 0 Å². The van der Waals surface area contributed by atoms with Gasteiger partial charge in [0.1, 0.15) is 5.56 Å². The van der Waals surface area contributed by atoms with Crippen LogP contribution in [-0.2, 0) is 0 Å². The van der Waals surface area contributed by atoms with Crippen LogP contribution in [0.25, 0.3) is 0 Å². The molecular weight excluding hydrogens is 218 g/mol. The van der Waals surface area contributed by atoms with Crippen LogP contribution in [0.3, 0.4) is 0 Å². The van der Waals surface area contributed by atoms with Gasteiger partial charge in [-0.3, -0.25) is 0 Å². The maximum atomic E-state index is 10.9. The Hall–Kier alpha value is -1.26. The lowest BCUT2D eigenvalue weighted by atomic mass is 10.1. The molecule has 0 aromatic heterocycles. The Morgan fingerprint density at radius 2 is 2.27 bits per heavy atom. The van der Waals surface area contributed by atoms with Crippen molar-refractivity contribution in [2.24, 2.45) is 0 Å². The third-order valence-corrected chi connectivity index (χ3v) is 2.22. The Balaban J connectivity index is 3.06. The van der Waals surface area contributed by atoms with E-state index < -0.39 is 5.97 Å². The van der Waals surface area contributed by atoms with Crippen molar-refractivity contribution in [2.45, 2.75) is 13.0 Å². The molecule has 4 nitrogen and oxygen atoms in total. The average Bonchev–Trinajstić information content (AvgIpc) is 2.17. The molecule has 0 heterocycles. The Bertz CT molecular complexity index is 368. The van der Waals surface area contributed by atoms with Crippen LogP contribution in [0.1, 0.15) is 17.3 Å². The minimum atomic E-state index is -1.09. The molecule has 0 bridgehead atoms. The zero-order valence-corrected chi connectivity index (χ0v) is 8.95. The number of aliphatic hydroxyl groups excluding tert-OH is 1. The molecule has 0 aliphatic carbocycles. The molecule has 0 amide bonds. The summed E-state index contributed by atoms with van der Waals surface area (Å²) in [6.07, 6.45) is 0. The van der Waals surface area contributed by atoms with Crippen molar-refractivity contribution in [2.75, 3.05) is 11.9 Å². The van der Waals surface area contributed by atoms with Crippen LogP contribution in [-0.4, -0.2) is 28.8 Å². The molecule has 0 saturated carbocycles. The molecule has 1 atom stereocenters. The van der Waals surface area contributed by atoms with Gasteiger partial charge in [-0.2, -0.15) is 0 Å². The maximum Gasteiger partial charge on any atom is 0.339 e. The highest BCUT2D eigenvalue weighted by Crippen LogP contribution is 2.24. The Morgan fingerprint density at radius 1 is 1.60 bits per heavy atom. The second-order valence-corrected chi connectivity index (χ2v) is 3.60. The highest BCUT2D eigenvalue weighted by Gasteiger charge is 2.15. The number of carboxylic acids is 1. The second kappa shape index (κ2) is 5.00. The van der Waals surface area contributed by atoms with Gasteiger partial charge in [-0.15, -0.1) is 0 Å². The van der Waals surface area contributed by atoms with E-state index in [1.54, 1.807) is 19.1 Å². The van der Waals surface area contributed by atoms with Gasteiger partial charge in [-0.05, 0) is 19.1 Å². The normalized spacial score (nSPS) is 12.2. The van der Waals surface area contributed by atoms with Gasteiger partial charge in [0, 0.05) is 6.04 Å². The minimum absolute atomic E-state index is 0.0273. The lowest BCUT2D eigenvalue weighted by Crippen LogP contribution is -2.21. The number of carboxylic acid groups (broad SMARTS) is 1. The van der Waals surface area contributed by atoms with Gasteiger partial charge >= 0.3 is 5.97 Å². The summed E-state index contributed by atoms with van der Waals surface area (Å²) in [7, 11) is 0. The quantitative estimate of drug-likeness (QED) is 0.737. The van der Waals surface area contributed by atoms with E-state index in [2.05, 4.69) is 5.32 Å². The molecule has 1 rings (SSSR count). The lowest BCUT2D eigenvalue weighted by molar-refractivity contribution is 0.0698. The van der Waals surface area contributed by atoms with Crippen molar-refractivity contribution < 1.29 is 15.0 Å². The number of aromatic carboxylic acids is 1. The number of hydrogen-bond acceptors (Lipinski definition) is 3. The predicted molar refractivity (Wildman–Crippen MR) is 58.6 cm³/mol. The highest BCUT2D eigenvalue weighted by molar-refractivity contribution is 6.34. The molecule has 3 N–H and O–H groups in total. The van der Waals surface area contributed by atoms with Crippen LogP contribution in [0.15, 0.2) is 18.2 Å². The van der Waals surface area contributed by atoms with Gasteiger partial charge in [-0.25, -0.2) is 4.79 Å². The number of aliphatic hydroxyl groups is 1. The third-order valence-electron chi connectivity index (χ3n) is 1.90. The second-order valence-electron chi connectivity index (χ2n) is 3.20. The molecule has 1 aromatic rings. The van der Waals surface area contributed by atoms with E-state index in [0.717, 1.165) is 0 Å². The fraction of sp³-hybridized carbons (Fsp3) is 0.300. The molecule has 0 saturated heterocycles. The largest absolute Gasteiger partial charge is 0.478 e. The fourth-order valence-electron chi connectivity index (χ4n) is 1.17. The number of halogens is 1. The molecule has 0 radical (unpaired) electrons. The van der Waals surface area contributed by atoms with Crippen LogP contribution >= 0.6 is 11.6 Å². The first kappa shape index (κ1) is 11.8. The summed E-state index contributed by atoms with van der Waals surface area (Å²) in [5.41, 5.74) is 0.441. The average molecular weight is 230 g/mol. The smallest absolute Gasteiger partial charge is 0.339 e. The SMILES string of the molecule is CC(CO)Nc1cccc(Cl)c1C(=O)O. The lowest BCUT2D eigenvalue weighted by Gasteiger charge is -2.15. The minimum Gasteiger partial charge on any atom is -0.478 e. The molecular formula is C10H12ClNO3. The van der Waals surface area contributed by atoms with E-state index in [1.807, 2.05) is 0 Å². The third kappa shape index (κ3) is 2.84. The predicted octanol–water partition coefficient (Wildman–Crippen LogP) is 1.83. The molecule has 0 spiro atoms. The number of rotatable bonds is 4. The first-order valence-corrected chi connectivity index (χ1v) is 4.83. The summed E-state index contributed by atoms with van der Waals surface area (Å²) in [5.74, 6) is -1.09. The van der Waals surface area contributed by atoms with E-state index in [9.17, 15) is 4.79 Å². The van der Waals surface area contributed by atoms with Crippen LogP contribution in [0, 0.1) is 0 Å².